The normalized spacial score (nSPS) is 23.9. The molecule has 98 valence electrons. The van der Waals surface area contributed by atoms with Crippen molar-refractivity contribution >= 4 is 5.69 Å². The van der Waals surface area contributed by atoms with Crippen LogP contribution in [0.1, 0.15) is 38.5 Å². The second-order valence-corrected chi connectivity index (χ2v) is 5.75. The van der Waals surface area contributed by atoms with Gasteiger partial charge in [-0.15, -0.1) is 0 Å². The fourth-order valence-electron chi connectivity index (χ4n) is 3.45. The molecule has 2 aliphatic rings. The van der Waals surface area contributed by atoms with Crippen LogP contribution in [0.25, 0.3) is 0 Å². The van der Waals surface area contributed by atoms with Crippen LogP contribution < -0.4 is 10.2 Å². The predicted octanol–water partition coefficient (Wildman–Crippen LogP) is 2.58. The summed E-state index contributed by atoms with van der Waals surface area (Å²) in [6, 6.07) is 4.23. The van der Waals surface area contributed by atoms with E-state index in [1.807, 2.05) is 18.5 Å². The molecule has 1 aliphatic carbocycles. The Hall–Kier alpha value is -1.09. The summed E-state index contributed by atoms with van der Waals surface area (Å²) in [7, 11) is 0. The third-order valence-electron chi connectivity index (χ3n) is 4.42. The van der Waals surface area contributed by atoms with E-state index in [0.717, 1.165) is 19.6 Å². The number of nitrogens with zero attached hydrogens (tertiary/aromatic N) is 2. The highest BCUT2D eigenvalue weighted by Gasteiger charge is 2.34. The van der Waals surface area contributed by atoms with Crippen LogP contribution in [0.4, 0.5) is 5.69 Å². The van der Waals surface area contributed by atoms with Crippen molar-refractivity contribution in [2.24, 2.45) is 0 Å². The summed E-state index contributed by atoms with van der Waals surface area (Å²) in [6.45, 7) is 3.47. The summed E-state index contributed by atoms with van der Waals surface area (Å²) in [4.78, 5) is 6.79. The van der Waals surface area contributed by atoms with Crippen molar-refractivity contribution in [2.45, 2.75) is 44.1 Å². The fourth-order valence-corrected chi connectivity index (χ4v) is 3.45. The van der Waals surface area contributed by atoms with Crippen molar-refractivity contribution in [3.63, 3.8) is 0 Å². The van der Waals surface area contributed by atoms with Crippen molar-refractivity contribution in [3.05, 3.63) is 24.5 Å². The van der Waals surface area contributed by atoms with Crippen molar-refractivity contribution in [1.82, 2.24) is 10.3 Å². The molecule has 0 atom stereocenters. The molecule has 1 aromatic rings. The van der Waals surface area contributed by atoms with Gasteiger partial charge in [-0.25, -0.2) is 0 Å². The highest BCUT2D eigenvalue weighted by Crippen LogP contribution is 2.31. The monoisotopic (exact) mass is 245 g/mol. The molecule has 18 heavy (non-hydrogen) atoms. The minimum atomic E-state index is 0.366. The van der Waals surface area contributed by atoms with E-state index >= 15 is 0 Å². The molecule has 3 rings (SSSR count). The first-order valence-corrected chi connectivity index (χ1v) is 7.28. The van der Waals surface area contributed by atoms with E-state index in [4.69, 9.17) is 0 Å². The van der Waals surface area contributed by atoms with Gasteiger partial charge in [0.05, 0.1) is 11.9 Å². The average molecular weight is 245 g/mol. The molecule has 0 unspecified atom stereocenters. The first-order chi connectivity index (χ1) is 8.88. The molecular weight excluding hydrogens is 222 g/mol. The second-order valence-electron chi connectivity index (χ2n) is 5.75. The minimum absolute atomic E-state index is 0.366. The van der Waals surface area contributed by atoms with E-state index in [1.54, 1.807) is 0 Å². The molecule has 3 heteroatoms. The van der Waals surface area contributed by atoms with Crippen molar-refractivity contribution in [1.29, 1.82) is 0 Å². The molecule has 0 radical (unpaired) electrons. The van der Waals surface area contributed by atoms with Gasteiger partial charge in [-0.1, -0.05) is 19.3 Å². The minimum Gasteiger partial charge on any atom is -0.368 e. The zero-order chi connectivity index (χ0) is 12.3. The molecule has 0 amide bonds. The zero-order valence-corrected chi connectivity index (χ0v) is 11.1. The number of rotatable bonds is 1. The summed E-state index contributed by atoms with van der Waals surface area (Å²) in [5.41, 5.74) is 1.65. The lowest BCUT2D eigenvalue weighted by atomic mass is 9.81. The van der Waals surface area contributed by atoms with Crippen LogP contribution in [0, 0.1) is 0 Å². The fraction of sp³-hybridized carbons (Fsp3) is 0.667. The standard InChI is InChI=1S/C15H23N3/c1-2-7-15(8-3-1)13-18(11-5-10-17-15)14-6-4-9-16-12-14/h4,6,9,12,17H,1-3,5,7-8,10-11,13H2. The van der Waals surface area contributed by atoms with Crippen LogP contribution in [0.15, 0.2) is 24.5 Å². The SMILES string of the molecule is c1cncc(N2CCCNC3(CCCCC3)C2)c1. The molecule has 2 fully saturated rings. The first kappa shape index (κ1) is 12.0. The smallest absolute Gasteiger partial charge is 0.0553 e. The number of hydrogen-bond donors (Lipinski definition) is 1. The number of anilines is 1. The van der Waals surface area contributed by atoms with Gasteiger partial charge < -0.3 is 10.2 Å². The number of nitrogens with one attached hydrogen (secondary N) is 1. The maximum Gasteiger partial charge on any atom is 0.0553 e. The van der Waals surface area contributed by atoms with Gasteiger partial charge in [-0.05, 0) is 37.9 Å². The Morgan fingerprint density at radius 3 is 2.83 bits per heavy atom. The maximum absolute atomic E-state index is 4.26. The van der Waals surface area contributed by atoms with Crippen LogP contribution in [0.2, 0.25) is 0 Å². The van der Waals surface area contributed by atoms with E-state index < -0.39 is 0 Å². The Balaban J connectivity index is 1.78. The molecule has 2 heterocycles. The molecular formula is C15H23N3. The Morgan fingerprint density at radius 1 is 1.17 bits per heavy atom. The summed E-state index contributed by atoms with van der Waals surface area (Å²) < 4.78 is 0. The highest BCUT2D eigenvalue weighted by atomic mass is 15.2. The molecule has 1 saturated heterocycles. The summed E-state index contributed by atoms with van der Waals surface area (Å²) in [6.07, 6.45) is 11.9. The van der Waals surface area contributed by atoms with Gasteiger partial charge in [0.2, 0.25) is 0 Å². The van der Waals surface area contributed by atoms with Crippen LogP contribution in [0.3, 0.4) is 0 Å². The van der Waals surface area contributed by atoms with Crippen LogP contribution >= 0.6 is 0 Å². The molecule has 1 saturated carbocycles. The van der Waals surface area contributed by atoms with Gasteiger partial charge in [0.1, 0.15) is 0 Å². The van der Waals surface area contributed by atoms with Gasteiger partial charge >= 0.3 is 0 Å². The number of pyridine rings is 1. The number of aromatic nitrogens is 1. The largest absolute Gasteiger partial charge is 0.368 e. The topological polar surface area (TPSA) is 28.2 Å². The van der Waals surface area contributed by atoms with E-state index in [-0.39, 0.29) is 0 Å². The van der Waals surface area contributed by atoms with E-state index in [1.165, 1.54) is 44.2 Å². The third kappa shape index (κ3) is 2.51. The molecule has 1 aliphatic heterocycles. The van der Waals surface area contributed by atoms with Crippen LogP contribution in [-0.4, -0.2) is 30.2 Å². The van der Waals surface area contributed by atoms with Gasteiger partial charge in [0.15, 0.2) is 0 Å². The Labute approximate surface area is 110 Å². The molecule has 3 nitrogen and oxygen atoms in total. The maximum atomic E-state index is 4.26. The van der Waals surface area contributed by atoms with Gasteiger partial charge in [-0.2, -0.15) is 0 Å². The lowest BCUT2D eigenvalue weighted by molar-refractivity contribution is 0.246. The summed E-state index contributed by atoms with van der Waals surface area (Å²) in [5, 5.41) is 3.83. The second kappa shape index (κ2) is 5.27. The lowest BCUT2D eigenvalue weighted by Crippen LogP contribution is -2.52. The summed E-state index contributed by atoms with van der Waals surface area (Å²) >= 11 is 0. The van der Waals surface area contributed by atoms with Crippen molar-refractivity contribution in [2.75, 3.05) is 24.5 Å². The van der Waals surface area contributed by atoms with E-state index in [9.17, 15) is 0 Å². The first-order valence-electron chi connectivity index (χ1n) is 7.28. The van der Waals surface area contributed by atoms with Crippen molar-refractivity contribution < 1.29 is 0 Å². The molecule has 0 bridgehead atoms. The zero-order valence-electron chi connectivity index (χ0n) is 11.1. The van der Waals surface area contributed by atoms with Crippen LogP contribution in [-0.2, 0) is 0 Å². The summed E-state index contributed by atoms with van der Waals surface area (Å²) in [5.74, 6) is 0. The molecule has 1 N–H and O–H groups in total. The van der Waals surface area contributed by atoms with Gasteiger partial charge in [0, 0.05) is 24.8 Å². The van der Waals surface area contributed by atoms with E-state index in [2.05, 4.69) is 21.3 Å². The lowest BCUT2D eigenvalue weighted by Gasteiger charge is -2.40. The van der Waals surface area contributed by atoms with Gasteiger partial charge in [-0.3, -0.25) is 4.98 Å². The highest BCUT2D eigenvalue weighted by molar-refractivity contribution is 5.44. The average Bonchev–Trinajstić information content (AvgIpc) is 2.64. The Morgan fingerprint density at radius 2 is 2.06 bits per heavy atom. The van der Waals surface area contributed by atoms with Crippen molar-refractivity contribution in [3.8, 4) is 0 Å². The quantitative estimate of drug-likeness (QED) is 0.824. The molecule has 1 aromatic heterocycles. The molecule has 0 aromatic carbocycles. The van der Waals surface area contributed by atoms with Gasteiger partial charge in [0.25, 0.3) is 0 Å². The molecule has 1 spiro atoms. The Kier molecular flexibility index (Phi) is 3.50. The Bertz CT molecular complexity index is 371. The predicted molar refractivity (Wildman–Crippen MR) is 74.9 cm³/mol. The van der Waals surface area contributed by atoms with Crippen LogP contribution in [0.5, 0.6) is 0 Å². The number of hydrogen-bond acceptors (Lipinski definition) is 3. The third-order valence-corrected chi connectivity index (χ3v) is 4.42. The van der Waals surface area contributed by atoms with E-state index in [0.29, 0.717) is 5.54 Å².